The van der Waals surface area contributed by atoms with Crippen LogP contribution in [0.25, 0.3) is 5.65 Å². The van der Waals surface area contributed by atoms with E-state index in [1.165, 1.54) is 16.8 Å². The Kier molecular flexibility index (Phi) is 1.33. The molecule has 0 unspecified atom stereocenters. The van der Waals surface area contributed by atoms with Gasteiger partial charge in [0.15, 0.2) is 11.5 Å². The number of nitrogen functional groups attached to an aromatic ring is 1. The standard InChI is InChI=1S/C7H5N5O/c8-3-4-6(9)11-12-2-1-5(13)10-7(4)12/h1-2H,(H2,9,11)(H,10,13). The summed E-state index contributed by atoms with van der Waals surface area (Å²) >= 11 is 0. The molecular weight excluding hydrogens is 170 g/mol. The number of nitrogens with zero attached hydrogens (tertiary/aromatic N) is 3. The molecule has 0 bridgehead atoms. The number of fused-ring (bicyclic) bond motifs is 1. The molecule has 2 aromatic rings. The molecule has 0 aliphatic rings. The van der Waals surface area contributed by atoms with Gasteiger partial charge in [0.2, 0.25) is 0 Å². The second kappa shape index (κ2) is 2.35. The van der Waals surface area contributed by atoms with Crippen molar-refractivity contribution in [3.63, 3.8) is 0 Å². The van der Waals surface area contributed by atoms with E-state index in [4.69, 9.17) is 11.0 Å². The van der Waals surface area contributed by atoms with Crippen LogP contribution in [0.4, 0.5) is 5.82 Å². The molecule has 0 aliphatic heterocycles. The smallest absolute Gasteiger partial charge is 0.251 e. The van der Waals surface area contributed by atoms with Gasteiger partial charge in [-0.25, -0.2) is 4.52 Å². The third kappa shape index (κ3) is 0.945. The lowest BCUT2D eigenvalue weighted by atomic mass is 10.3. The van der Waals surface area contributed by atoms with E-state index in [9.17, 15) is 4.79 Å². The summed E-state index contributed by atoms with van der Waals surface area (Å²) < 4.78 is 1.36. The molecule has 6 nitrogen and oxygen atoms in total. The van der Waals surface area contributed by atoms with Crippen molar-refractivity contribution < 1.29 is 0 Å². The Hall–Kier alpha value is -2.29. The lowest BCUT2D eigenvalue weighted by Gasteiger charge is -1.88. The zero-order valence-electron chi connectivity index (χ0n) is 6.48. The van der Waals surface area contributed by atoms with Gasteiger partial charge in [0.25, 0.3) is 5.56 Å². The zero-order chi connectivity index (χ0) is 9.42. The molecule has 0 atom stereocenters. The number of aromatic nitrogens is 3. The second-order valence-electron chi connectivity index (χ2n) is 2.47. The van der Waals surface area contributed by atoms with Gasteiger partial charge in [-0.05, 0) is 0 Å². The van der Waals surface area contributed by atoms with Gasteiger partial charge in [-0.1, -0.05) is 0 Å². The van der Waals surface area contributed by atoms with Crippen LogP contribution in [0.1, 0.15) is 5.56 Å². The van der Waals surface area contributed by atoms with Crippen molar-refractivity contribution in [2.75, 3.05) is 5.73 Å². The summed E-state index contributed by atoms with van der Waals surface area (Å²) in [5, 5.41) is 12.5. The molecule has 0 aromatic carbocycles. The number of nitrogens with one attached hydrogen (secondary N) is 1. The first-order chi connectivity index (χ1) is 6.22. The lowest BCUT2D eigenvalue weighted by Crippen LogP contribution is -2.06. The molecule has 2 heterocycles. The Morgan fingerprint density at radius 3 is 3.15 bits per heavy atom. The highest BCUT2D eigenvalue weighted by atomic mass is 16.1. The zero-order valence-corrected chi connectivity index (χ0v) is 6.48. The third-order valence-corrected chi connectivity index (χ3v) is 1.66. The van der Waals surface area contributed by atoms with Crippen LogP contribution < -0.4 is 11.3 Å². The van der Waals surface area contributed by atoms with Gasteiger partial charge in [0, 0.05) is 12.3 Å². The summed E-state index contributed by atoms with van der Waals surface area (Å²) in [5.41, 5.74) is 5.67. The van der Waals surface area contributed by atoms with Crippen molar-refractivity contribution in [2.45, 2.75) is 0 Å². The van der Waals surface area contributed by atoms with E-state index in [-0.39, 0.29) is 16.9 Å². The molecule has 0 fully saturated rings. The van der Waals surface area contributed by atoms with E-state index < -0.39 is 0 Å². The fraction of sp³-hybridized carbons (Fsp3) is 0. The highest BCUT2D eigenvalue weighted by molar-refractivity contribution is 5.65. The molecule has 0 amide bonds. The predicted molar refractivity (Wildman–Crippen MR) is 44.9 cm³/mol. The van der Waals surface area contributed by atoms with Gasteiger partial charge in [-0.15, -0.1) is 5.10 Å². The highest BCUT2D eigenvalue weighted by Crippen LogP contribution is 2.11. The number of nitriles is 1. The van der Waals surface area contributed by atoms with Gasteiger partial charge in [0.05, 0.1) is 0 Å². The first-order valence-corrected chi connectivity index (χ1v) is 3.49. The van der Waals surface area contributed by atoms with Crippen molar-refractivity contribution in [3.05, 3.63) is 28.2 Å². The first kappa shape index (κ1) is 7.36. The van der Waals surface area contributed by atoms with Gasteiger partial charge < -0.3 is 10.7 Å². The summed E-state index contributed by atoms with van der Waals surface area (Å²) in [4.78, 5) is 13.4. The molecule has 6 heteroatoms. The summed E-state index contributed by atoms with van der Waals surface area (Å²) in [7, 11) is 0. The van der Waals surface area contributed by atoms with E-state index in [2.05, 4.69) is 10.1 Å². The van der Waals surface area contributed by atoms with Crippen LogP contribution in [0, 0.1) is 11.3 Å². The Balaban J connectivity index is 2.99. The third-order valence-electron chi connectivity index (χ3n) is 1.66. The van der Waals surface area contributed by atoms with Crippen LogP contribution in [0.15, 0.2) is 17.1 Å². The van der Waals surface area contributed by atoms with Gasteiger partial charge in [-0.3, -0.25) is 4.79 Å². The van der Waals surface area contributed by atoms with Crippen molar-refractivity contribution in [2.24, 2.45) is 0 Å². The Labute approximate surface area is 72.2 Å². The molecule has 64 valence electrons. The minimum absolute atomic E-state index is 0.115. The number of hydrogen-bond acceptors (Lipinski definition) is 4. The number of rotatable bonds is 0. The SMILES string of the molecule is N#Cc1c(N)nn2ccc(=O)[nH]c12. The van der Waals surface area contributed by atoms with Crippen LogP contribution >= 0.6 is 0 Å². The van der Waals surface area contributed by atoms with E-state index in [1.807, 2.05) is 6.07 Å². The van der Waals surface area contributed by atoms with E-state index >= 15 is 0 Å². The molecule has 3 N–H and O–H groups in total. The van der Waals surface area contributed by atoms with Gasteiger partial charge >= 0.3 is 0 Å². The number of anilines is 1. The molecule has 0 aliphatic carbocycles. The summed E-state index contributed by atoms with van der Waals surface area (Å²) in [6.45, 7) is 0. The number of H-pyrrole nitrogens is 1. The molecule has 0 radical (unpaired) electrons. The molecule has 2 aromatic heterocycles. The average Bonchev–Trinajstić information content (AvgIpc) is 2.40. The number of aromatic amines is 1. The maximum absolute atomic E-state index is 10.9. The maximum Gasteiger partial charge on any atom is 0.251 e. The lowest BCUT2D eigenvalue weighted by molar-refractivity contribution is 0.936. The van der Waals surface area contributed by atoms with Gasteiger partial charge in [0.1, 0.15) is 11.6 Å². The molecule has 13 heavy (non-hydrogen) atoms. The Bertz CT molecular complexity index is 558. The normalized spacial score (nSPS) is 10.1. The highest BCUT2D eigenvalue weighted by Gasteiger charge is 2.09. The molecular formula is C7H5N5O. The monoisotopic (exact) mass is 175 g/mol. The van der Waals surface area contributed by atoms with Crippen molar-refractivity contribution in [1.82, 2.24) is 14.6 Å². The first-order valence-electron chi connectivity index (χ1n) is 3.49. The fourth-order valence-electron chi connectivity index (χ4n) is 1.09. The topological polar surface area (TPSA) is 100.0 Å². The van der Waals surface area contributed by atoms with E-state index in [1.54, 1.807) is 0 Å². The second-order valence-corrected chi connectivity index (χ2v) is 2.47. The minimum Gasteiger partial charge on any atom is -0.381 e. The minimum atomic E-state index is -0.288. The number of hydrogen-bond donors (Lipinski definition) is 2. The summed E-state index contributed by atoms with van der Waals surface area (Å²) in [6.07, 6.45) is 1.45. The molecule has 2 rings (SSSR count). The van der Waals surface area contributed by atoms with E-state index in [0.29, 0.717) is 5.65 Å². The largest absolute Gasteiger partial charge is 0.381 e. The fourth-order valence-corrected chi connectivity index (χ4v) is 1.09. The number of nitrogens with two attached hydrogens (primary N) is 1. The van der Waals surface area contributed by atoms with Crippen molar-refractivity contribution >= 4 is 11.5 Å². The van der Waals surface area contributed by atoms with Crippen LogP contribution in [0.5, 0.6) is 0 Å². The average molecular weight is 175 g/mol. The molecule has 0 spiro atoms. The summed E-state index contributed by atoms with van der Waals surface area (Å²) in [5.74, 6) is 0.115. The van der Waals surface area contributed by atoms with Gasteiger partial charge in [-0.2, -0.15) is 5.26 Å². The van der Waals surface area contributed by atoms with Crippen LogP contribution in [0.3, 0.4) is 0 Å². The van der Waals surface area contributed by atoms with Crippen molar-refractivity contribution in [3.8, 4) is 6.07 Å². The predicted octanol–water partition coefficient (Wildman–Crippen LogP) is -0.524. The quantitative estimate of drug-likeness (QED) is 0.562. The Morgan fingerprint density at radius 1 is 1.69 bits per heavy atom. The van der Waals surface area contributed by atoms with Crippen LogP contribution in [0.2, 0.25) is 0 Å². The molecule has 0 saturated heterocycles. The van der Waals surface area contributed by atoms with Crippen LogP contribution in [-0.4, -0.2) is 14.6 Å². The summed E-state index contributed by atoms with van der Waals surface area (Å²) in [6, 6.07) is 3.17. The Morgan fingerprint density at radius 2 is 2.46 bits per heavy atom. The molecule has 0 saturated carbocycles. The van der Waals surface area contributed by atoms with Crippen molar-refractivity contribution in [1.29, 1.82) is 5.26 Å². The maximum atomic E-state index is 10.9. The van der Waals surface area contributed by atoms with Crippen LogP contribution in [-0.2, 0) is 0 Å². The van der Waals surface area contributed by atoms with E-state index in [0.717, 1.165) is 0 Å².